The van der Waals surface area contributed by atoms with E-state index in [9.17, 15) is 0 Å². The van der Waals surface area contributed by atoms with Gasteiger partial charge in [0.2, 0.25) is 0 Å². The first kappa shape index (κ1) is 30.8. The Hall–Kier alpha value is -3.22. The van der Waals surface area contributed by atoms with Crippen LogP contribution in [0.3, 0.4) is 0 Å². The maximum atomic E-state index is 4.81. The van der Waals surface area contributed by atoms with Crippen LogP contribution in [0.4, 0.5) is 0 Å². The molecule has 0 saturated heterocycles. The normalized spacial score (nSPS) is 11.8. The number of hydrogen-bond donors (Lipinski definition) is 0. The molecule has 0 N–H and O–H groups in total. The van der Waals surface area contributed by atoms with Crippen LogP contribution in [0.2, 0.25) is 0 Å². The van der Waals surface area contributed by atoms with Gasteiger partial charge in [0.25, 0.3) is 0 Å². The lowest BCUT2D eigenvalue weighted by molar-refractivity contribution is 0.607. The highest BCUT2D eigenvalue weighted by atomic mass is 32.1. The maximum absolute atomic E-state index is 4.81. The maximum Gasteiger partial charge on any atom is 0.113 e. The monoisotopic (exact) mass is 620 g/mol. The largest absolute Gasteiger partial charge is 0.172 e. The molecule has 0 aliphatic carbocycles. The van der Waals surface area contributed by atoms with E-state index >= 15 is 0 Å². The van der Waals surface area contributed by atoms with Gasteiger partial charge in [0, 0.05) is 21.9 Å². The van der Waals surface area contributed by atoms with Gasteiger partial charge >= 0.3 is 0 Å². The molecule has 2 heterocycles. The second kappa shape index (κ2) is 15.2. The van der Waals surface area contributed by atoms with E-state index in [1.165, 1.54) is 123 Å². The first-order valence-electron chi connectivity index (χ1n) is 16.8. The van der Waals surface area contributed by atoms with Crippen molar-refractivity contribution < 1.29 is 0 Å². The number of benzene rings is 4. The van der Waals surface area contributed by atoms with Gasteiger partial charge in [-0.15, -0.1) is 0 Å². The Bertz CT molecular complexity index is 1650. The summed E-state index contributed by atoms with van der Waals surface area (Å²) in [5, 5.41) is 2.20. The van der Waals surface area contributed by atoms with Gasteiger partial charge in [-0.3, -0.25) is 0 Å². The fourth-order valence-electron chi connectivity index (χ4n) is 6.42. The standard InChI is InChI=1S/C38H44N4S2/c1-3-5-7-9-11-13-15-27-17-21-29(22-18-27)31-25-33-34(37-35(31)39-43-41-37)26-32(36-38(33)42-44-40-36)30-23-19-28(20-24-30)16-14-12-10-8-6-4-2/h17-26H,3-16H2,1-2H3. The summed E-state index contributed by atoms with van der Waals surface area (Å²) in [5.41, 5.74) is 11.3. The molecule has 2 aromatic heterocycles. The molecular weight excluding hydrogens is 577 g/mol. The van der Waals surface area contributed by atoms with Crippen LogP contribution in [0.5, 0.6) is 0 Å². The zero-order valence-electron chi connectivity index (χ0n) is 26.3. The molecule has 6 heteroatoms. The number of aromatic nitrogens is 4. The first-order valence-corrected chi connectivity index (χ1v) is 18.3. The molecule has 0 atom stereocenters. The SMILES string of the molecule is CCCCCCCCc1ccc(-c2cc3c(cc(-c4ccc(CCCCCCCC)cc4)c4nsnc43)c3nsnc23)cc1. The van der Waals surface area contributed by atoms with Crippen molar-refractivity contribution in [1.29, 1.82) is 0 Å². The zero-order chi connectivity index (χ0) is 30.1. The molecule has 0 aliphatic heterocycles. The number of hydrogen-bond acceptors (Lipinski definition) is 6. The fraction of sp³-hybridized carbons (Fsp3) is 0.421. The van der Waals surface area contributed by atoms with Gasteiger partial charge in [0.1, 0.15) is 22.1 Å². The third kappa shape index (κ3) is 7.02. The van der Waals surface area contributed by atoms with E-state index in [1.54, 1.807) is 0 Å². The Kier molecular flexibility index (Phi) is 10.6. The Morgan fingerprint density at radius 2 is 0.795 bits per heavy atom. The van der Waals surface area contributed by atoms with Crippen LogP contribution in [-0.4, -0.2) is 17.5 Å². The lowest BCUT2D eigenvalue weighted by Gasteiger charge is -2.11. The van der Waals surface area contributed by atoms with Gasteiger partial charge in [-0.1, -0.05) is 127 Å². The molecule has 0 fully saturated rings. The van der Waals surface area contributed by atoms with Crippen molar-refractivity contribution >= 4 is 56.3 Å². The highest BCUT2D eigenvalue weighted by Gasteiger charge is 2.19. The minimum atomic E-state index is 0.953. The van der Waals surface area contributed by atoms with E-state index in [0.29, 0.717) is 0 Å². The smallest absolute Gasteiger partial charge is 0.113 e. The number of unbranched alkanes of at least 4 members (excludes halogenated alkanes) is 10. The summed E-state index contributed by atoms with van der Waals surface area (Å²) >= 11 is 2.58. The molecule has 4 nitrogen and oxygen atoms in total. The van der Waals surface area contributed by atoms with Crippen molar-refractivity contribution in [2.24, 2.45) is 0 Å². The predicted molar refractivity (Wildman–Crippen MR) is 191 cm³/mol. The molecule has 0 spiro atoms. The Labute approximate surface area is 270 Å². The van der Waals surface area contributed by atoms with Crippen molar-refractivity contribution in [3.8, 4) is 22.3 Å². The summed E-state index contributed by atoms with van der Waals surface area (Å²) in [6, 6.07) is 22.7. The third-order valence-corrected chi connectivity index (χ3v) is 10.1. The van der Waals surface area contributed by atoms with Gasteiger partial charge in [-0.2, -0.15) is 17.5 Å². The van der Waals surface area contributed by atoms with Crippen LogP contribution < -0.4 is 0 Å². The fourth-order valence-corrected chi connectivity index (χ4v) is 7.57. The van der Waals surface area contributed by atoms with Crippen LogP contribution in [0.25, 0.3) is 55.1 Å². The van der Waals surface area contributed by atoms with E-state index in [4.69, 9.17) is 17.5 Å². The molecule has 0 radical (unpaired) electrons. The molecule has 44 heavy (non-hydrogen) atoms. The molecule has 0 bridgehead atoms. The van der Waals surface area contributed by atoms with Crippen LogP contribution in [0.1, 0.15) is 102 Å². The summed E-state index contributed by atoms with van der Waals surface area (Å²) in [6.07, 6.45) is 18.2. The average Bonchev–Trinajstić information content (AvgIpc) is 3.76. The van der Waals surface area contributed by atoms with Crippen molar-refractivity contribution in [2.75, 3.05) is 0 Å². The molecule has 0 aliphatic rings. The second-order valence-electron chi connectivity index (χ2n) is 12.3. The molecule has 228 valence electrons. The number of fused-ring (bicyclic) bond motifs is 5. The molecule has 4 aromatic carbocycles. The molecule has 6 aromatic rings. The molecule has 0 saturated carbocycles. The highest BCUT2D eigenvalue weighted by Crippen LogP contribution is 2.40. The Morgan fingerprint density at radius 3 is 1.20 bits per heavy atom. The quantitative estimate of drug-likeness (QED) is 0.101. The predicted octanol–water partition coefficient (Wildman–Crippen LogP) is 12.0. The van der Waals surface area contributed by atoms with Gasteiger partial charge < -0.3 is 0 Å². The third-order valence-electron chi connectivity index (χ3n) is 9.03. The van der Waals surface area contributed by atoms with Gasteiger partial charge in [0.15, 0.2) is 0 Å². The summed E-state index contributed by atoms with van der Waals surface area (Å²) in [7, 11) is 0. The second-order valence-corrected chi connectivity index (χ2v) is 13.4. The lowest BCUT2D eigenvalue weighted by atomic mass is 9.93. The summed E-state index contributed by atoms with van der Waals surface area (Å²) in [5.74, 6) is 0. The van der Waals surface area contributed by atoms with Crippen molar-refractivity contribution in [1.82, 2.24) is 17.5 Å². The first-order chi connectivity index (χ1) is 21.8. The minimum Gasteiger partial charge on any atom is -0.172 e. The van der Waals surface area contributed by atoms with Gasteiger partial charge in [0.05, 0.1) is 23.5 Å². The van der Waals surface area contributed by atoms with E-state index in [1.807, 2.05) is 0 Å². The molecule has 6 rings (SSSR count). The minimum absolute atomic E-state index is 0.953. The molecular formula is C38H44N4S2. The Morgan fingerprint density at radius 1 is 0.432 bits per heavy atom. The van der Waals surface area contributed by atoms with Crippen LogP contribution >= 0.6 is 23.5 Å². The summed E-state index contributed by atoms with van der Waals surface area (Å²) < 4.78 is 19.2. The van der Waals surface area contributed by atoms with E-state index in [-0.39, 0.29) is 0 Å². The lowest BCUT2D eigenvalue weighted by Crippen LogP contribution is -1.90. The van der Waals surface area contributed by atoms with Gasteiger partial charge in [-0.25, -0.2) is 0 Å². The summed E-state index contributed by atoms with van der Waals surface area (Å²) in [4.78, 5) is 0. The van der Waals surface area contributed by atoms with Gasteiger partial charge in [-0.05, 0) is 60.1 Å². The van der Waals surface area contributed by atoms with E-state index in [2.05, 4.69) is 74.5 Å². The Balaban J connectivity index is 1.25. The van der Waals surface area contributed by atoms with Crippen LogP contribution in [0, 0.1) is 0 Å². The molecule has 0 amide bonds. The number of rotatable bonds is 16. The summed E-state index contributed by atoms with van der Waals surface area (Å²) in [6.45, 7) is 4.55. The molecule has 0 unspecified atom stereocenters. The van der Waals surface area contributed by atoms with Crippen LogP contribution in [0.15, 0.2) is 60.7 Å². The zero-order valence-corrected chi connectivity index (χ0v) is 27.9. The van der Waals surface area contributed by atoms with E-state index in [0.717, 1.165) is 56.8 Å². The van der Waals surface area contributed by atoms with Crippen molar-refractivity contribution in [3.63, 3.8) is 0 Å². The number of aryl methyl sites for hydroxylation is 2. The average molecular weight is 621 g/mol. The number of nitrogens with zero attached hydrogens (tertiary/aromatic N) is 4. The van der Waals surface area contributed by atoms with Crippen molar-refractivity contribution in [3.05, 3.63) is 71.8 Å². The van der Waals surface area contributed by atoms with E-state index < -0.39 is 0 Å². The highest BCUT2D eigenvalue weighted by molar-refractivity contribution is 7.00. The topological polar surface area (TPSA) is 51.6 Å². The van der Waals surface area contributed by atoms with Crippen molar-refractivity contribution in [2.45, 2.75) is 104 Å². The van der Waals surface area contributed by atoms with Crippen LogP contribution in [-0.2, 0) is 12.8 Å².